The highest BCUT2D eigenvalue weighted by Crippen LogP contribution is 2.40. The summed E-state index contributed by atoms with van der Waals surface area (Å²) in [6.45, 7) is 2.39. The summed E-state index contributed by atoms with van der Waals surface area (Å²) in [7, 11) is 0. The Bertz CT molecular complexity index is 491. The van der Waals surface area contributed by atoms with Gasteiger partial charge in [0, 0.05) is 12.5 Å². The summed E-state index contributed by atoms with van der Waals surface area (Å²) in [6, 6.07) is 1.42. The van der Waals surface area contributed by atoms with E-state index in [9.17, 15) is 18.0 Å². The van der Waals surface area contributed by atoms with E-state index >= 15 is 0 Å². The fraction of sp³-hybridized carbons (Fsp3) is 0.417. The second kappa shape index (κ2) is 5.69. The third kappa shape index (κ3) is 3.53. The number of benzene rings is 1. The molecule has 106 valence electrons. The third-order valence-electron chi connectivity index (χ3n) is 2.51. The lowest BCUT2D eigenvalue weighted by Crippen LogP contribution is -2.25. The molecule has 0 amide bonds. The molecule has 0 fully saturated rings. The number of alkyl halides is 2. The molecule has 0 aliphatic rings. The van der Waals surface area contributed by atoms with Crippen LogP contribution in [-0.2, 0) is 10.7 Å². The molecular formula is C12H12ClF3O3. The Kier molecular flexibility index (Phi) is 4.68. The lowest BCUT2D eigenvalue weighted by atomic mass is 10.0. The van der Waals surface area contributed by atoms with Gasteiger partial charge < -0.3 is 9.84 Å². The van der Waals surface area contributed by atoms with Crippen molar-refractivity contribution in [1.29, 1.82) is 0 Å². The Labute approximate surface area is 112 Å². The monoisotopic (exact) mass is 296 g/mol. The van der Waals surface area contributed by atoms with E-state index in [-0.39, 0.29) is 0 Å². The van der Waals surface area contributed by atoms with E-state index in [2.05, 4.69) is 0 Å². The standard InChI is InChI=1S/C12H12ClF3O3/c1-3-12(15,16)7-4-8(13)9(14)5-10(7)19-6(2)11(17)18/h4-6H,3H2,1-2H3,(H,17,18). The fourth-order valence-corrected chi connectivity index (χ4v) is 1.51. The zero-order chi connectivity index (χ0) is 14.8. The Morgan fingerprint density at radius 3 is 2.58 bits per heavy atom. The predicted molar refractivity (Wildman–Crippen MR) is 63.3 cm³/mol. The topological polar surface area (TPSA) is 46.5 Å². The van der Waals surface area contributed by atoms with E-state index in [1.54, 1.807) is 0 Å². The lowest BCUT2D eigenvalue weighted by Gasteiger charge is -2.20. The zero-order valence-electron chi connectivity index (χ0n) is 10.2. The van der Waals surface area contributed by atoms with Crippen LogP contribution in [-0.4, -0.2) is 17.2 Å². The quantitative estimate of drug-likeness (QED) is 0.898. The molecule has 0 bridgehead atoms. The van der Waals surface area contributed by atoms with Crippen molar-refractivity contribution >= 4 is 17.6 Å². The van der Waals surface area contributed by atoms with Gasteiger partial charge in [0.05, 0.1) is 10.6 Å². The molecule has 1 aromatic carbocycles. The minimum atomic E-state index is -3.29. The normalized spacial score (nSPS) is 13.2. The number of hydrogen-bond acceptors (Lipinski definition) is 2. The highest BCUT2D eigenvalue weighted by molar-refractivity contribution is 6.30. The van der Waals surface area contributed by atoms with Gasteiger partial charge in [-0.1, -0.05) is 18.5 Å². The second-order valence-corrected chi connectivity index (χ2v) is 4.33. The van der Waals surface area contributed by atoms with Crippen LogP contribution in [0.3, 0.4) is 0 Å². The first-order chi connectivity index (χ1) is 8.69. The number of halogens is 4. The van der Waals surface area contributed by atoms with Crippen molar-refractivity contribution in [3.05, 3.63) is 28.5 Å². The van der Waals surface area contributed by atoms with Crippen LogP contribution in [0.1, 0.15) is 25.8 Å². The first-order valence-electron chi connectivity index (χ1n) is 5.45. The highest BCUT2D eigenvalue weighted by Gasteiger charge is 2.34. The minimum Gasteiger partial charge on any atom is -0.479 e. The number of carboxylic acid groups (broad SMARTS) is 1. The van der Waals surface area contributed by atoms with E-state index in [1.165, 1.54) is 6.92 Å². The maximum absolute atomic E-state index is 13.7. The van der Waals surface area contributed by atoms with E-state index in [1.807, 2.05) is 0 Å². The van der Waals surface area contributed by atoms with Gasteiger partial charge >= 0.3 is 5.97 Å². The Balaban J connectivity index is 3.28. The summed E-state index contributed by atoms with van der Waals surface area (Å²) in [6.07, 6.45) is -1.93. The van der Waals surface area contributed by atoms with Gasteiger partial charge in [-0.2, -0.15) is 0 Å². The summed E-state index contributed by atoms with van der Waals surface area (Å²) in [5.74, 6) is -6.11. The van der Waals surface area contributed by atoms with Crippen LogP contribution < -0.4 is 4.74 Å². The Morgan fingerprint density at radius 1 is 1.53 bits per heavy atom. The molecule has 0 aliphatic heterocycles. The second-order valence-electron chi connectivity index (χ2n) is 3.92. The number of aliphatic carboxylic acids is 1. The highest BCUT2D eigenvalue weighted by atomic mass is 35.5. The number of carboxylic acids is 1. The molecule has 0 heterocycles. The van der Waals surface area contributed by atoms with Crippen molar-refractivity contribution < 1.29 is 27.8 Å². The maximum Gasteiger partial charge on any atom is 0.344 e. The molecular weight excluding hydrogens is 285 g/mol. The molecule has 1 atom stereocenters. The molecule has 0 saturated carbocycles. The summed E-state index contributed by atoms with van der Waals surface area (Å²) in [5.41, 5.74) is -0.630. The first kappa shape index (κ1) is 15.6. The van der Waals surface area contributed by atoms with Crippen molar-refractivity contribution in [2.24, 2.45) is 0 Å². The van der Waals surface area contributed by atoms with E-state index in [4.69, 9.17) is 21.4 Å². The van der Waals surface area contributed by atoms with Crippen molar-refractivity contribution in [3.8, 4) is 5.75 Å². The molecule has 7 heteroatoms. The molecule has 1 rings (SSSR count). The number of rotatable bonds is 5. The average Bonchev–Trinajstić information content (AvgIpc) is 2.33. The minimum absolute atomic E-state index is 0.474. The van der Waals surface area contributed by atoms with Gasteiger partial charge in [0.25, 0.3) is 5.92 Å². The Hall–Kier alpha value is -1.43. The molecule has 0 aliphatic carbocycles. The average molecular weight is 297 g/mol. The van der Waals surface area contributed by atoms with Crippen LogP contribution in [0.25, 0.3) is 0 Å². The van der Waals surface area contributed by atoms with Gasteiger partial charge in [-0.3, -0.25) is 0 Å². The van der Waals surface area contributed by atoms with Crippen molar-refractivity contribution in [3.63, 3.8) is 0 Å². The van der Waals surface area contributed by atoms with Gasteiger partial charge in [0.2, 0.25) is 0 Å². The number of carbonyl (C=O) groups is 1. The summed E-state index contributed by atoms with van der Waals surface area (Å²) in [4.78, 5) is 10.7. The zero-order valence-corrected chi connectivity index (χ0v) is 11.0. The van der Waals surface area contributed by atoms with Gasteiger partial charge in [0.15, 0.2) is 6.10 Å². The first-order valence-corrected chi connectivity index (χ1v) is 5.83. The third-order valence-corrected chi connectivity index (χ3v) is 2.80. The van der Waals surface area contributed by atoms with Crippen LogP contribution in [0, 0.1) is 5.82 Å². The van der Waals surface area contributed by atoms with E-state index in [0.717, 1.165) is 13.0 Å². The van der Waals surface area contributed by atoms with Crippen molar-refractivity contribution in [2.75, 3.05) is 0 Å². The maximum atomic E-state index is 13.7. The summed E-state index contributed by atoms with van der Waals surface area (Å²) >= 11 is 5.47. The molecule has 0 saturated heterocycles. The Morgan fingerprint density at radius 2 is 2.11 bits per heavy atom. The van der Waals surface area contributed by atoms with Crippen LogP contribution in [0.2, 0.25) is 5.02 Å². The van der Waals surface area contributed by atoms with Crippen LogP contribution >= 0.6 is 11.6 Å². The molecule has 0 aromatic heterocycles. The molecule has 0 radical (unpaired) electrons. The van der Waals surface area contributed by atoms with Gasteiger partial charge in [0.1, 0.15) is 11.6 Å². The van der Waals surface area contributed by atoms with Crippen LogP contribution in [0.15, 0.2) is 12.1 Å². The molecule has 1 N–H and O–H groups in total. The van der Waals surface area contributed by atoms with E-state index < -0.39 is 46.6 Å². The largest absolute Gasteiger partial charge is 0.479 e. The number of ether oxygens (including phenoxy) is 1. The van der Waals surface area contributed by atoms with Crippen molar-refractivity contribution in [2.45, 2.75) is 32.3 Å². The van der Waals surface area contributed by atoms with Gasteiger partial charge in [-0.05, 0) is 13.0 Å². The summed E-state index contributed by atoms with van der Waals surface area (Å²) < 4.78 is 45.6. The smallest absolute Gasteiger partial charge is 0.344 e. The van der Waals surface area contributed by atoms with Crippen LogP contribution in [0.5, 0.6) is 5.75 Å². The molecule has 19 heavy (non-hydrogen) atoms. The fourth-order valence-electron chi connectivity index (χ4n) is 1.34. The van der Waals surface area contributed by atoms with E-state index in [0.29, 0.717) is 6.07 Å². The lowest BCUT2D eigenvalue weighted by molar-refractivity contribution is -0.144. The predicted octanol–water partition coefficient (Wildman–Crippen LogP) is 3.83. The van der Waals surface area contributed by atoms with Gasteiger partial charge in [-0.15, -0.1) is 0 Å². The molecule has 1 unspecified atom stereocenters. The molecule has 1 aromatic rings. The number of hydrogen-bond donors (Lipinski definition) is 1. The molecule has 0 spiro atoms. The van der Waals surface area contributed by atoms with Crippen LogP contribution in [0.4, 0.5) is 13.2 Å². The van der Waals surface area contributed by atoms with Gasteiger partial charge in [-0.25, -0.2) is 18.0 Å². The molecule has 3 nitrogen and oxygen atoms in total. The SMILES string of the molecule is CCC(F)(F)c1cc(Cl)c(F)cc1OC(C)C(=O)O. The van der Waals surface area contributed by atoms with Crippen molar-refractivity contribution in [1.82, 2.24) is 0 Å². The summed E-state index contributed by atoms with van der Waals surface area (Å²) in [5, 5.41) is 8.21.